The van der Waals surface area contributed by atoms with E-state index in [0.29, 0.717) is 0 Å². The van der Waals surface area contributed by atoms with E-state index in [1.165, 1.54) is 132 Å². The van der Waals surface area contributed by atoms with Crippen molar-refractivity contribution in [2.45, 2.75) is 145 Å². The van der Waals surface area contributed by atoms with Gasteiger partial charge in [0.1, 0.15) is 0 Å². The first-order valence-electron chi connectivity index (χ1n) is 35.3. The molecule has 11 nitrogen and oxygen atoms in total. The van der Waals surface area contributed by atoms with Crippen molar-refractivity contribution in [3.05, 3.63) is 300 Å². The molecule has 11 heteroatoms. The first kappa shape index (κ1) is 72.8. The lowest BCUT2D eigenvalue weighted by Crippen LogP contribution is -1.93. The Hall–Kier alpha value is -11.4. The standard InChI is InChI=1S/3C16H15N.4C11H12N2/c1-10-4-7-15-14(8-10)9-13-6-5-11(2)12(3)16(13)17-15;1-10-4-6-13-9-14-7-5-11(2)12(3)16(14)17-15(13)8-10;1-10-8-9-14-12(3)13-6-4-5-7-15(13)17-16(14)11(10)2;1-7-4-10-11(5-8(7)2)13-9(3)6-12-10;1-7-6-10-11(9(3)8(7)2)13-5-4-12-10;1-7-6-8(2)10-11(9(7)3)13-5-4-12-10;1-7-4-5-10-11(6-7)13-9(3)8(2)12-10/h3*4-9H,1-3H3;4*4-6H,1-3H3. The highest BCUT2D eigenvalue weighted by atomic mass is 14.8. The number of para-hydroxylation sites is 1. The number of nitrogens with zero attached hydrogens (tertiary/aromatic N) is 11. The first-order chi connectivity index (χ1) is 49.2. The summed E-state index contributed by atoms with van der Waals surface area (Å²) in [6.07, 6.45) is 8.76. The van der Waals surface area contributed by atoms with Crippen LogP contribution in [-0.4, -0.2) is 54.8 Å². The van der Waals surface area contributed by atoms with E-state index in [0.717, 1.165) is 94.3 Å². The largest absolute Gasteiger partial charge is 0.253 e. The SMILES string of the molecule is Cc1cc(C)c2nccnc2c1C.Cc1cc2nccnc2c(C)c1C.Cc1ccc2c(C)c3ccccc3nc2c1C.Cc1ccc2cc3ccc(C)c(C)c3nc2c1.Cc1ccc2nc(C)c(C)nc2c1.Cc1ccc2nc3c(C)c(C)ccc3cc2c1.Cc1cnc2cc(C)c(C)cc2n1. The van der Waals surface area contributed by atoms with Gasteiger partial charge in [-0.15, -0.1) is 0 Å². The molecule has 10 aromatic carbocycles. The Morgan fingerprint density at radius 1 is 0.204 bits per heavy atom. The maximum absolute atomic E-state index is 4.80. The number of hydrogen-bond acceptors (Lipinski definition) is 11. The van der Waals surface area contributed by atoms with Gasteiger partial charge in [-0.1, -0.05) is 90.5 Å². The third-order valence-electron chi connectivity index (χ3n) is 20.1. The van der Waals surface area contributed by atoms with Crippen LogP contribution in [0.5, 0.6) is 0 Å². The molecule has 0 spiro atoms. The van der Waals surface area contributed by atoms with Crippen LogP contribution in [0.1, 0.15) is 117 Å². The third-order valence-corrected chi connectivity index (χ3v) is 20.1. The van der Waals surface area contributed by atoms with Crippen LogP contribution in [0, 0.1) is 145 Å². The fourth-order valence-electron chi connectivity index (χ4n) is 12.7. The Morgan fingerprint density at radius 3 is 1.35 bits per heavy atom. The van der Waals surface area contributed by atoms with Crippen molar-refractivity contribution in [1.82, 2.24) is 54.8 Å². The van der Waals surface area contributed by atoms with E-state index < -0.39 is 0 Å². The van der Waals surface area contributed by atoms with Crippen molar-refractivity contribution in [3.8, 4) is 0 Å². The molecule has 0 radical (unpaired) electrons. The van der Waals surface area contributed by atoms with Gasteiger partial charge in [-0.25, -0.2) is 29.9 Å². The second-order valence-electron chi connectivity index (χ2n) is 27.8. The Labute approximate surface area is 606 Å². The van der Waals surface area contributed by atoms with Gasteiger partial charge in [0.2, 0.25) is 0 Å². The maximum Gasteiger partial charge on any atom is 0.0921 e. The number of benzene rings is 10. The Morgan fingerprint density at radius 2 is 0.680 bits per heavy atom. The summed E-state index contributed by atoms with van der Waals surface area (Å²) in [6, 6.07) is 53.2. The van der Waals surface area contributed by atoms with E-state index in [-0.39, 0.29) is 0 Å². The van der Waals surface area contributed by atoms with E-state index >= 15 is 0 Å². The number of hydrogen-bond donors (Lipinski definition) is 0. The summed E-state index contributed by atoms with van der Waals surface area (Å²) in [5, 5.41) is 7.41. The van der Waals surface area contributed by atoms with Gasteiger partial charge in [0, 0.05) is 63.3 Å². The summed E-state index contributed by atoms with van der Waals surface area (Å²) >= 11 is 0. The molecule has 17 aromatic rings. The maximum atomic E-state index is 4.80. The van der Waals surface area contributed by atoms with Gasteiger partial charge in [0.25, 0.3) is 0 Å². The smallest absolute Gasteiger partial charge is 0.0921 e. The molecule has 0 N–H and O–H groups in total. The highest BCUT2D eigenvalue weighted by Crippen LogP contribution is 2.31. The van der Waals surface area contributed by atoms with Crippen LogP contribution < -0.4 is 0 Å². The zero-order valence-electron chi connectivity index (χ0n) is 63.7. The molecule has 0 saturated heterocycles. The minimum atomic E-state index is 0.968. The summed E-state index contributed by atoms with van der Waals surface area (Å²) < 4.78 is 0. The predicted octanol–water partition coefficient (Wildman–Crippen LogP) is 23.2. The summed E-state index contributed by atoms with van der Waals surface area (Å²) in [4.78, 5) is 49.3. The number of fused-ring (bicyclic) bond motifs is 10. The van der Waals surface area contributed by atoms with Gasteiger partial charge in [-0.05, 0) is 307 Å². The van der Waals surface area contributed by atoms with Gasteiger partial charge in [0.05, 0.1) is 94.3 Å². The second-order valence-corrected chi connectivity index (χ2v) is 27.8. The lowest BCUT2D eigenvalue weighted by atomic mass is 9.99. The van der Waals surface area contributed by atoms with Gasteiger partial charge in [0.15, 0.2) is 0 Å². The molecule has 0 fully saturated rings. The molecule has 0 amide bonds. The minimum absolute atomic E-state index is 0.968. The highest BCUT2D eigenvalue weighted by Gasteiger charge is 2.12. The van der Waals surface area contributed by atoms with Crippen molar-refractivity contribution in [2.75, 3.05) is 0 Å². The Kier molecular flexibility index (Phi) is 22.1. The number of rotatable bonds is 0. The molecular weight excluding hydrogens is 1260 g/mol. The van der Waals surface area contributed by atoms with Crippen LogP contribution in [0.15, 0.2) is 183 Å². The monoisotopic (exact) mass is 1350 g/mol. The number of pyridine rings is 3. The molecule has 0 aliphatic carbocycles. The predicted molar refractivity (Wildman–Crippen MR) is 435 cm³/mol. The quantitative estimate of drug-likeness (QED) is 0.134. The molecule has 7 heterocycles. The second kappa shape index (κ2) is 31.2. The summed E-state index contributed by atoms with van der Waals surface area (Å²) in [5.74, 6) is 0. The lowest BCUT2D eigenvalue weighted by Gasteiger charge is -2.10. The topological polar surface area (TPSA) is 142 Å². The van der Waals surface area contributed by atoms with Crippen molar-refractivity contribution < 1.29 is 0 Å². The van der Waals surface area contributed by atoms with E-state index in [9.17, 15) is 0 Å². The fourth-order valence-corrected chi connectivity index (χ4v) is 12.7. The van der Waals surface area contributed by atoms with Crippen molar-refractivity contribution in [3.63, 3.8) is 0 Å². The van der Waals surface area contributed by atoms with Crippen LogP contribution in [0.25, 0.3) is 110 Å². The summed E-state index contributed by atoms with van der Waals surface area (Å²) in [7, 11) is 0. The van der Waals surface area contributed by atoms with E-state index in [4.69, 9.17) is 15.0 Å². The van der Waals surface area contributed by atoms with E-state index in [2.05, 4.69) is 304 Å². The zero-order valence-corrected chi connectivity index (χ0v) is 63.7. The summed E-state index contributed by atoms with van der Waals surface area (Å²) in [6.45, 7) is 44.0. The number of aromatic nitrogens is 11. The molecule has 7 aromatic heterocycles. The van der Waals surface area contributed by atoms with Crippen LogP contribution in [0.3, 0.4) is 0 Å². The van der Waals surface area contributed by atoms with Crippen LogP contribution >= 0.6 is 0 Å². The van der Waals surface area contributed by atoms with E-state index in [1.807, 2.05) is 32.9 Å². The number of aryl methyl sites for hydroxylation is 20. The summed E-state index contributed by atoms with van der Waals surface area (Å²) in [5.41, 5.74) is 40.6. The zero-order chi connectivity index (χ0) is 73.7. The Balaban J connectivity index is 0.000000121. The lowest BCUT2D eigenvalue weighted by molar-refractivity contribution is 1.10. The Bertz CT molecular complexity index is 6000. The van der Waals surface area contributed by atoms with Gasteiger partial charge in [-0.2, -0.15) is 0 Å². The minimum Gasteiger partial charge on any atom is -0.253 e. The van der Waals surface area contributed by atoms with Crippen molar-refractivity contribution in [2.24, 2.45) is 0 Å². The average molecular weight is 1350 g/mol. The van der Waals surface area contributed by atoms with E-state index in [1.54, 1.807) is 31.0 Å². The van der Waals surface area contributed by atoms with Gasteiger partial charge < -0.3 is 0 Å². The molecule has 0 unspecified atom stereocenters. The van der Waals surface area contributed by atoms with Gasteiger partial charge >= 0.3 is 0 Å². The molecule has 0 aliphatic rings. The van der Waals surface area contributed by atoms with Crippen molar-refractivity contribution >= 4 is 110 Å². The third kappa shape index (κ3) is 16.3. The van der Waals surface area contributed by atoms with Gasteiger partial charge in [-0.3, -0.25) is 24.9 Å². The molecule has 17 rings (SSSR count). The van der Waals surface area contributed by atoms with Crippen LogP contribution in [0.2, 0.25) is 0 Å². The van der Waals surface area contributed by atoms with Crippen molar-refractivity contribution in [1.29, 1.82) is 0 Å². The molecular formula is C92H93N11. The molecule has 103 heavy (non-hydrogen) atoms. The molecule has 516 valence electrons. The highest BCUT2D eigenvalue weighted by molar-refractivity contribution is 5.99. The average Bonchev–Trinajstić information content (AvgIpc) is 0.789. The first-order valence-corrected chi connectivity index (χ1v) is 35.3. The fraction of sp³-hybridized carbons (Fsp3) is 0.228. The molecule has 0 atom stereocenters. The molecule has 0 saturated carbocycles. The van der Waals surface area contributed by atoms with Crippen LogP contribution in [0.4, 0.5) is 0 Å². The van der Waals surface area contributed by atoms with Crippen LogP contribution in [-0.2, 0) is 0 Å². The normalized spacial score (nSPS) is 11.0. The molecule has 0 bridgehead atoms. The molecule has 0 aliphatic heterocycles.